The van der Waals surface area contributed by atoms with Crippen molar-refractivity contribution in [3.05, 3.63) is 82.9 Å². The van der Waals surface area contributed by atoms with Crippen molar-refractivity contribution >= 4 is 27.5 Å². The van der Waals surface area contributed by atoms with Crippen LogP contribution in [0, 0.1) is 20.8 Å². The number of methoxy groups -OCH3 is 2. The number of hydrogen-bond donors (Lipinski definition) is 1. The zero-order valence-electron chi connectivity index (χ0n) is 25.6. The van der Waals surface area contributed by atoms with Gasteiger partial charge in [-0.05, 0) is 82.5 Å². The molecule has 0 bridgehead atoms. The molecule has 226 valence electrons. The second kappa shape index (κ2) is 13.7. The molecule has 0 fully saturated rings. The van der Waals surface area contributed by atoms with Gasteiger partial charge in [-0.25, -0.2) is 8.42 Å². The third-order valence-corrected chi connectivity index (χ3v) is 8.56. The topological polar surface area (TPSA) is 105 Å². The summed E-state index contributed by atoms with van der Waals surface area (Å²) in [5.74, 6) is -0.235. The first kappa shape index (κ1) is 32.5. The lowest BCUT2D eigenvalue weighted by Crippen LogP contribution is -2.52. The lowest BCUT2D eigenvalue weighted by Gasteiger charge is -2.32. The molecule has 0 heterocycles. The van der Waals surface area contributed by atoms with E-state index in [-0.39, 0.29) is 29.1 Å². The predicted octanol–water partition coefficient (Wildman–Crippen LogP) is 4.77. The first-order chi connectivity index (χ1) is 19.8. The first-order valence-corrected chi connectivity index (χ1v) is 15.2. The molecule has 3 aromatic carbocycles. The van der Waals surface area contributed by atoms with Gasteiger partial charge in [0.2, 0.25) is 11.8 Å². The molecular weight excluding hydrogens is 554 g/mol. The van der Waals surface area contributed by atoms with Crippen molar-refractivity contribution in [3.63, 3.8) is 0 Å². The Bertz CT molecular complexity index is 1500. The number of nitrogens with one attached hydrogen (secondary N) is 1. The fourth-order valence-corrected chi connectivity index (χ4v) is 6.02. The lowest BCUT2D eigenvalue weighted by atomic mass is 10.1. The molecular formula is C32H41N3O6S. The number of hydrogen-bond acceptors (Lipinski definition) is 6. The molecule has 42 heavy (non-hydrogen) atoms. The second-order valence-corrected chi connectivity index (χ2v) is 12.6. The highest BCUT2D eigenvalue weighted by molar-refractivity contribution is 7.92. The molecule has 3 rings (SSSR count). The van der Waals surface area contributed by atoms with Gasteiger partial charge in [0.1, 0.15) is 12.6 Å². The van der Waals surface area contributed by atoms with Crippen LogP contribution in [0.1, 0.15) is 43.0 Å². The summed E-state index contributed by atoms with van der Waals surface area (Å²) in [5, 5.41) is 2.86. The molecule has 2 amide bonds. The van der Waals surface area contributed by atoms with Crippen LogP contribution in [-0.2, 0) is 26.2 Å². The second-order valence-electron chi connectivity index (χ2n) is 10.7. The molecule has 0 aliphatic heterocycles. The van der Waals surface area contributed by atoms with Crippen molar-refractivity contribution in [2.45, 2.75) is 65.1 Å². The zero-order chi connectivity index (χ0) is 31.2. The maximum Gasteiger partial charge on any atom is 0.264 e. The molecule has 0 radical (unpaired) electrons. The number of ether oxygens (including phenoxy) is 2. The Hall–Kier alpha value is -4.05. The molecule has 1 atom stereocenters. The largest absolute Gasteiger partial charge is 0.493 e. The molecule has 0 unspecified atom stereocenters. The number of aryl methyl sites for hydroxylation is 3. The van der Waals surface area contributed by atoms with Crippen molar-refractivity contribution in [3.8, 4) is 11.5 Å². The normalized spacial score (nSPS) is 12.0. The monoisotopic (exact) mass is 595 g/mol. The Morgan fingerprint density at radius 3 is 1.95 bits per heavy atom. The third-order valence-electron chi connectivity index (χ3n) is 6.79. The molecule has 3 aromatic rings. The van der Waals surface area contributed by atoms with Gasteiger partial charge in [0.25, 0.3) is 10.0 Å². The van der Waals surface area contributed by atoms with Gasteiger partial charge in [0, 0.05) is 18.7 Å². The van der Waals surface area contributed by atoms with Crippen molar-refractivity contribution in [2.24, 2.45) is 0 Å². The number of sulfonamides is 1. The molecule has 1 N–H and O–H groups in total. The smallest absolute Gasteiger partial charge is 0.264 e. The highest BCUT2D eigenvalue weighted by Gasteiger charge is 2.33. The molecule has 0 saturated carbocycles. The number of carbonyl (C=O) groups excluding carboxylic acids is 2. The first-order valence-electron chi connectivity index (χ1n) is 13.7. The average molecular weight is 596 g/mol. The van der Waals surface area contributed by atoms with Gasteiger partial charge in [-0.3, -0.25) is 13.9 Å². The van der Waals surface area contributed by atoms with Crippen LogP contribution in [0.2, 0.25) is 0 Å². The Labute approximate surface area is 249 Å². The van der Waals surface area contributed by atoms with E-state index in [0.717, 1.165) is 26.6 Å². The van der Waals surface area contributed by atoms with Crippen LogP contribution in [-0.4, -0.2) is 58.0 Å². The fraction of sp³-hybridized carbons (Fsp3) is 0.375. The fourth-order valence-electron chi connectivity index (χ4n) is 4.61. The van der Waals surface area contributed by atoms with Gasteiger partial charge in [0.15, 0.2) is 11.5 Å². The highest BCUT2D eigenvalue weighted by atomic mass is 32.2. The standard InChI is InChI=1S/C32H41N3O6S/c1-21(2)33-32(37)25(6)34(19-26-11-9-22(3)10-12-26)31(36)20-35(27-16-23(4)15-24(5)17-27)42(38,39)28-13-14-29(40-7)30(18-28)41-8/h9-18,21,25H,19-20H2,1-8H3,(H,33,37)/t25-/m0/s1. The van der Waals surface area contributed by atoms with Gasteiger partial charge in [-0.15, -0.1) is 0 Å². The van der Waals surface area contributed by atoms with E-state index >= 15 is 0 Å². The van der Waals surface area contributed by atoms with Crippen LogP contribution in [0.15, 0.2) is 65.6 Å². The van der Waals surface area contributed by atoms with Crippen LogP contribution >= 0.6 is 0 Å². The van der Waals surface area contributed by atoms with E-state index in [0.29, 0.717) is 11.4 Å². The molecule has 9 nitrogen and oxygen atoms in total. The van der Waals surface area contributed by atoms with E-state index in [4.69, 9.17) is 9.47 Å². The summed E-state index contributed by atoms with van der Waals surface area (Å²) in [6.07, 6.45) is 0. The van der Waals surface area contributed by atoms with Gasteiger partial charge < -0.3 is 19.7 Å². The number of rotatable bonds is 12. The molecule has 0 aromatic heterocycles. The summed E-state index contributed by atoms with van der Waals surface area (Å²) in [7, 11) is -1.38. The summed E-state index contributed by atoms with van der Waals surface area (Å²) in [6.45, 7) is 10.6. The van der Waals surface area contributed by atoms with E-state index in [1.54, 1.807) is 19.1 Å². The van der Waals surface area contributed by atoms with Crippen LogP contribution in [0.3, 0.4) is 0 Å². The minimum absolute atomic E-state index is 0.0669. The van der Waals surface area contributed by atoms with Crippen molar-refractivity contribution in [1.29, 1.82) is 0 Å². The Morgan fingerprint density at radius 1 is 0.810 bits per heavy atom. The van der Waals surface area contributed by atoms with Crippen molar-refractivity contribution < 1.29 is 27.5 Å². The molecule has 0 aliphatic rings. The molecule has 10 heteroatoms. The maximum atomic E-state index is 14.2. The van der Waals surface area contributed by atoms with E-state index in [1.807, 2.05) is 65.0 Å². The summed E-state index contributed by atoms with van der Waals surface area (Å²) in [5.41, 5.74) is 3.89. The summed E-state index contributed by atoms with van der Waals surface area (Å²) >= 11 is 0. The van der Waals surface area contributed by atoms with Crippen molar-refractivity contribution in [2.75, 3.05) is 25.1 Å². The summed E-state index contributed by atoms with van der Waals surface area (Å²) in [6, 6.07) is 16.3. The van der Waals surface area contributed by atoms with Gasteiger partial charge in [-0.1, -0.05) is 35.9 Å². The van der Waals surface area contributed by atoms with Gasteiger partial charge >= 0.3 is 0 Å². The van der Waals surface area contributed by atoms with Crippen molar-refractivity contribution in [1.82, 2.24) is 10.2 Å². The van der Waals surface area contributed by atoms with E-state index < -0.39 is 28.5 Å². The number of nitrogens with zero attached hydrogens (tertiary/aromatic N) is 2. The van der Waals surface area contributed by atoms with Gasteiger partial charge in [0.05, 0.1) is 24.8 Å². The number of carbonyl (C=O) groups is 2. The summed E-state index contributed by atoms with van der Waals surface area (Å²) < 4.78 is 40.1. The SMILES string of the molecule is COc1ccc(S(=O)(=O)N(CC(=O)N(Cc2ccc(C)cc2)[C@@H](C)C(=O)NC(C)C)c2cc(C)cc(C)c2)cc1OC. The number of benzene rings is 3. The quantitative estimate of drug-likeness (QED) is 0.324. The third kappa shape index (κ3) is 7.82. The predicted molar refractivity (Wildman–Crippen MR) is 164 cm³/mol. The summed E-state index contributed by atoms with van der Waals surface area (Å²) in [4.78, 5) is 28.5. The Balaban J connectivity index is 2.10. The number of amides is 2. The van der Waals surface area contributed by atoms with Crippen LogP contribution < -0.4 is 19.1 Å². The van der Waals surface area contributed by atoms with Crippen LogP contribution in [0.25, 0.3) is 0 Å². The Kier molecular flexibility index (Phi) is 10.6. The van der Waals surface area contributed by atoms with Crippen LogP contribution in [0.5, 0.6) is 11.5 Å². The molecule has 0 aliphatic carbocycles. The van der Waals surface area contributed by atoms with Crippen LogP contribution in [0.4, 0.5) is 5.69 Å². The zero-order valence-corrected chi connectivity index (χ0v) is 26.4. The average Bonchev–Trinajstić information content (AvgIpc) is 2.93. The molecule has 0 spiro atoms. The Morgan fingerprint density at radius 2 is 1.40 bits per heavy atom. The van der Waals surface area contributed by atoms with E-state index in [9.17, 15) is 18.0 Å². The number of anilines is 1. The minimum atomic E-state index is -4.27. The van der Waals surface area contributed by atoms with E-state index in [2.05, 4.69) is 5.32 Å². The minimum Gasteiger partial charge on any atom is -0.493 e. The lowest BCUT2D eigenvalue weighted by molar-refractivity contribution is -0.139. The van der Waals surface area contributed by atoms with Gasteiger partial charge in [-0.2, -0.15) is 0 Å². The van der Waals surface area contributed by atoms with E-state index in [1.165, 1.54) is 37.3 Å². The molecule has 0 saturated heterocycles. The highest BCUT2D eigenvalue weighted by Crippen LogP contribution is 2.33. The maximum absolute atomic E-state index is 14.2.